The van der Waals surface area contributed by atoms with Gasteiger partial charge in [-0.1, -0.05) is 77.6 Å². The Morgan fingerprint density at radius 1 is 0.727 bits per heavy atom. The van der Waals surface area contributed by atoms with E-state index in [9.17, 15) is 22.0 Å². The molecule has 0 amide bonds. The second-order valence-electron chi connectivity index (χ2n) is 8.19. The average molecular weight is 535 g/mol. The van der Waals surface area contributed by atoms with Crippen molar-refractivity contribution in [3.63, 3.8) is 0 Å². The molecular formula is C23H36F5O2PS2. The Morgan fingerprint density at radius 2 is 1.12 bits per heavy atom. The highest BCUT2D eigenvalue weighted by atomic mass is 32.9. The van der Waals surface area contributed by atoms with Crippen LogP contribution in [0.2, 0.25) is 0 Å². The lowest BCUT2D eigenvalue weighted by atomic mass is 10.0. The summed E-state index contributed by atoms with van der Waals surface area (Å²) in [5.41, 5.74) is -4.00. The lowest BCUT2D eigenvalue weighted by Crippen LogP contribution is -2.12. The molecule has 0 aliphatic heterocycles. The van der Waals surface area contributed by atoms with Crippen molar-refractivity contribution in [3.8, 4) is 0 Å². The summed E-state index contributed by atoms with van der Waals surface area (Å²) in [6.07, 6.45) is 7.85. The third kappa shape index (κ3) is 9.75. The molecule has 0 aliphatic carbocycles. The van der Waals surface area contributed by atoms with Gasteiger partial charge in [-0.05, 0) is 36.5 Å². The lowest BCUT2D eigenvalue weighted by molar-refractivity contribution is 0.188. The summed E-state index contributed by atoms with van der Waals surface area (Å²) in [5, 5.41) is 0. The third-order valence-electron chi connectivity index (χ3n) is 5.69. The summed E-state index contributed by atoms with van der Waals surface area (Å²) in [6.45, 7) is 8.97. The first-order valence-corrected chi connectivity index (χ1v) is 15.9. The highest BCUT2D eigenvalue weighted by Crippen LogP contribution is 2.63. The molecule has 1 rings (SSSR count). The monoisotopic (exact) mass is 534 g/mol. The Balaban J connectivity index is 3.03. The zero-order valence-corrected chi connectivity index (χ0v) is 22.4. The van der Waals surface area contributed by atoms with Gasteiger partial charge in [0.1, 0.15) is 0 Å². The Labute approximate surface area is 204 Å². The molecule has 0 aromatic heterocycles. The van der Waals surface area contributed by atoms with Gasteiger partial charge >= 0.3 is 0 Å². The molecule has 1 aromatic carbocycles. The van der Waals surface area contributed by atoms with Crippen LogP contribution < -0.4 is 0 Å². The van der Waals surface area contributed by atoms with Gasteiger partial charge in [0.25, 0.3) is 0 Å². The van der Waals surface area contributed by atoms with E-state index in [0.29, 0.717) is 13.2 Å². The van der Waals surface area contributed by atoms with Crippen LogP contribution in [0.15, 0.2) is 0 Å². The van der Waals surface area contributed by atoms with E-state index in [0.717, 1.165) is 62.7 Å². The Morgan fingerprint density at radius 3 is 1.48 bits per heavy atom. The van der Waals surface area contributed by atoms with Gasteiger partial charge < -0.3 is 9.05 Å². The topological polar surface area (TPSA) is 18.5 Å². The summed E-state index contributed by atoms with van der Waals surface area (Å²) in [5.74, 6) is -9.80. The van der Waals surface area contributed by atoms with E-state index < -0.39 is 46.1 Å². The summed E-state index contributed by atoms with van der Waals surface area (Å²) in [7, 11) is 0. The van der Waals surface area contributed by atoms with Crippen LogP contribution in [0, 0.1) is 40.9 Å². The molecule has 2 atom stereocenters. The number of benzene rings is 1. The highest BCUT2D eigenvalue weighted by Gasteiger charge is 2.29. The summed E-state index contributed by atoms with van der Waals surface area (Å²) >= 11 is 6.49. The van der Waals surface area contributed by atoms with Gasteiger partial charge in [0.05, 0.1) is 13.2 Å². The van der Waals surface area contributed by atoms with Gasteiger partial charge in [0.15, 0.2) is 23.3 Å². The fourth-order valence-corrected chi connectivity index (χ4v) is 7.29. The standard InChI is InChI=1S/C23H36F5O2PS2/c1-5-9-11-16(7-3)13-29-31(32,30-14-17(8-4)12-10-6-2)33-15-18-19(24)21(26)23(28)22(27)20(18)25/h16-17H,5-15H2,1-4H3. The third-order valence-corrected chi connectivity index (χ3v) is 10.9. The molecule has 0 fully saturated rings. The fraction of sp³-hybridized carbons (Fsp3) is 0.739. The van der Waals surface area contributed by atoms with Gasteiger partial charge in [-0.15, -0.1) is 0 Å². The van der Waals surface area contributed by atoms with Crippen molar-refractivity contribution in [1.82, 2.24) is 0 Å². The van der Waals surface area contributed by atoms with E-state index in [-0.39, 0.29) is 11.8 Å². The van der Waals surface area contributed by atoms with E-state index in [1.54, 1.807) is 0 Å². The first kappa shape index (κ1) is 30.8. The van der Waals surface area contributed by atoms with Crippen molar-refractivity contribution in [2.75, 3.05) is 13.2 Å². The summed E-state index contributed by atoms with van der Waals surface area (Å²) < 4.78 is 81.0. The second-order valence-corrected chi connectivity index (χ2v) is 14.5. The van der Waals surface area contributed by atoms with Crippen LogP contribution in [0.4, 0.5) is 22.0 Å². The molecule has 0 radical (unpaired) electrons. The summed E-state index contributed by atoms with van der Waals surface area (Å²) in [4.78, 5) is 0. The zero-order valence-electron chi connectivity index (χ0n) is 19.9. The van der Waals surface area contributed by atoms with Crippen molar-refractivity contribution in [3.05, 3.63) is 34.6 Å². The number of halogens is 5. The van der Waals surface area contributed by atoms with Gasteiger partial charge in [-0.2, -0.15) is 0 Å². The molecule has 2 unspecified atom stereocenters. The van der Waals surface area contributed by atoms with Crippen molar-refractivity contribution in [2.24, 2.45) is 11.8 Å². The average Bonchev–Trinajstić information content (AvgIpc) is 2.81. The molecule has 0 heterocycles. The first-order chi connectivity index (χ1) is 15.6. The molecule has 0 spiro atoms. The van der Waals surface area contributed by atoms with Gasteiger partial charge in [0, 0.05) is 11.3 Å². The molecule has 2 nitrogen and oxygen atoms in total. The fourth-order valence-electron chi connectivity index (χ4n) is 3.22. The molecule has 0 saturated heterocycles. The molecule has 1 aromatic rings. The minimum Gasteiger partial charge on any atom is -0.321 e. The molecule has 0 bridgehead atoms. The van der Waals surface area contributed by atoms with Crippen LogP contribution in [0.25, 0.3) is 0 Å². The Hall–Kier alpha value is -0.210. The van der Waals surface area contributed by atoms with E-state index in [4.69, 9.17) is 20.9 Å². The number of hydrogen-bond donors (Lipinski definition) is 0. The van der Waals surface area contributed by atoms with E-state index in [1.807, 2.05) is 13.8 Å². The van der Waals surface area contributed by atoms with E-state index in [2.05, 4.69) is 13.8 Å². The predicted molar refractivity (Wildman–Crippen MR) is 130 cm³/mol. The number of hydrogen-bond acceptors (Lipinski definition) is 4. The van der Waals surface area contributed by atoms with Crippen LogP contribution in [-0.2, 0) is 26.6 Å². The second kappa shape index (κ2) is 15.7. The van der Waals surface area contributed by atoms with Crippen LogP contribution in [-0.4, -0.2) is 13.2 Å². The quantitative estimate of drug-likeness (QED) is 0.0858. The van der Waals surface area contributed by atoms with Gasteiger partial charge in [-0.25, -0.2) is 22.0 Å². The van der Waals surface area contributed by atoms with Gasteiger partial charge in [-0.3, -0.25) is 0 Å². The molecule has 10 heteroatoms. The van der Waals surface area contributed by atoms with Crippen LogP contribution in [0.1, 0.15) is 84.6 Å². The molecule has 192 valence electrons. The Bertz CT molecular complexity index is 729. The van der Waals surface area contributed by atoms with Gasteiger partial charge in [0.2, 0.25) is 11.5 Å². The van der Waals surface area contributed by atoms with Crippen molar-refractivity contribution in [2.45, 2.75) is 84.8 Å². The zero-order chi connectivity index (χ0) is 25.0. The smallest absolute Gasteiger partial charge is 0.247 e. The molecule has 0 aliphatic rings. The SMILES string of the molecule is CCCCC(CC)COP(=S)(OCC(CC)CCCC)SCc1c(F)c(F)c(F)c(F)c1F. The maximum absolute atomic E-state index is 14.2. The van der Waals surface area contributed by atoms with E-state index >= 15 is 0 Å². The minimum absolute atomic E-state index is 0.257. The Kier molecular flexibility index (Phi) is 14.7. The van der Waals surface area contributed by atoms with Crippen molar-refractivity contribution in [1.29, 1.82) is 0 Å². The molecular weight excluding hydrogens is 498 g/mol. The predicted octanol–water partition coefficient (Wildman–Crippen LogP) is 9.31. The summed E-state index contributed by atoms with van der Waals surface area (Å²) in [6, 6.07) is 0. The molecule has 0 N–H and O–H groups in total. The van der Waals surface area contributed by atoms with Crippen LogP contribution >= 0.6 is 17.1 Å². The highest BCUT2D eigenvalue weighted by molar-refractivity contribution is 8.67. The van der Waals surface area contributed by atoms with E-state index in [1.165, 1.54) is 0 Å². The largest absolute Gasteiger partial charge is 0.321 e. The van der Waals surface area contributed by atoms with Crippen LogP contribution in [0.5, 0.6) is 0 Å². The number of rotatable bonds is 17. The van der Waals surface area contributed by atoms with Crippen molar-refractivity contribution < 1.29 is 31.0 Å². The van der Waals surface area contributed by atoms with Crippen molar-refractivity contribution >= 4 is 28.9 Å². The van der Waals surface area contributed by atoms with Crippen LogP contribution in [0.3, 0.4) is 0 Å². The molecule has 0 saturated carbocycles. The first-order valence-electron chi connectivity index (χ1n) is 11.7. The number of unbranched alkanes of at least 4 members (excludes halogenated alkanes) is 2. The minimum atomic E-state index is -3.09. The normalized spacial score (nSPS) is 15.4. The lowest BCUT2D eigenvalue weighted by Gasteiger charge is -2.26. The molecule has 33 heavy (non-hydrogen) atoms. The maximum Gasteiger partial charge on any atom is 0.247 e. The maximum atomic E-state index is 14.2.